The molecule has 4 heteroatoms. The molecule has 1 aliphatic carbocycles. The van der Waals surface area contributed by atoms with Crippen molar-refractivity contribution in [3.05, 3.63) is 23.6 Å². The van der Waals surface area contributed by atoms with Crippen molar-refractivity contribution in [3.8, 4) is 0 Å². The van der Waals surface area contributed by atoms with Gasteiger partial charge in [-0.1, -0.05) is 12.2 Å². The summed E-state index contributed by atoms with van der Waals surface area (Å²) < 4.78 is 6.38. The summed E-state index contributed by atoms with van der Waals surface area (Å²) >= 11 is 0. The maximum Gasteiger partial charge on any atom is 0.215 e. The van der Waals surface area contributed by atoms with Crippen LogP contribution in [-0.2, 0) is 9.57 Å². The van der Waals surface area contributed by atoms with Crippen LogP contribution in [0.25, 0.3) is 0 Å². The van der Waals surface area contributed by atoms with Gasteiger partial charge < -0.3 is 4.74 Å². The zero-order chi connectivity index (χ0) is 13.1. The maximum absolute atomic E-state index is 6.38. The van der Waals surface area contributed by atoms with E-state index in [2.05, 4.69) is 29.5 Å². The summed E-state index contributed by atoms with van der Waals surface area (Å²) in [5.41, 5.74) is 4.53. The second-order valence-corrected chi connectivity index (χ2v) is 6.30. The van der Waals surface area contributed by atoms with Gasteiger partial charge in [-0.3, -0.25) is 9.74 Å². The van der Waals surface area contributed by atoms with Crippen molar-refractivity contribution in [1.29, 1.82) is 0 Å². The number of hydrogen-bond donors (Lipinski definition) is 1. The first-order chi connectivity index (χ1) is 9.26. The lowest BCUT2D eigenvalue weighted by Gasteiger charge is -2.68. The fourth-order valence-corrected chi connectivity index (χ4v) is 4.92. The molecule has 2 spiro atoms. The highest BCUT2D eigenvalue weighted by Gasteiger charge is 2.76. The molecule has 3 aliphatic heterocycles. The van der Waals surface area contributed by atoms with Gasteiger partial charge >= 0.3 is 0 Å². The van der Waals surface area contributed by atoms with E-state index < -0.39 is 0 Å². The summed E-state index contributed by atoms with van der Waals surface area (Å²) in [6.07, 6.45) is 9.30. The molecule has 1 N–H and O–H groups in total. The van der Waals surface area contributed by atoms with E-state index in [0.29, 0.717) is 5.54 Å². The fraction of sp³-hybridized carbons (Fsp3) is 0.733. The smallest absolute Gasteiger partial charge is 0.215 e. The quantitative estimate of drug-likeness (QED) is 0.788. The van der Waals surface area contributed by atoms with Gasteiger partial charge in [-0.25, -0.2) is 5.48 Å². The molecule has 0 aromatic heterocycles. The summed E-state index contributed by atoms with van der Waals surface area (Å²) in [6, 6.07) is 0. The van der Waals surface area contributed by atoms with E-state index in [0.717, 1.165) is 24.8 Å². The molecule has 2 saturated heterocycles. The van der Waals surface area contributed by atoms with Crippen LogP contribution in [0.15, 0.2) is 23.6 Å². The molecule has 0 bridgehead atoms. The van der Waals surface area contributed by atoms with Gasteiger partial charge in [0.1, 0.15) is 5.60 Å². The number of hydroxylamine groups is 1. The minimum atomic E-state index is 0.0160. The summed E-state index contributed by atoms with van der Waals surface area (Å²) in [5.74, 6) is 1.68. The summed E-state index contributed by atoms with van der Waals surface area (Å²) in [4.78, 5) is 7.73. The molecular formula is C15H22N2O2. The van der Waals surface area contributed by atoms with Crippen LogP contribution < -0.4 is 5.48 Å². The molecule has 0 amide bonds. The molecule has 3 atom stereocenters. The second kappa shape index (κ2) is 3.76. The van der Waals surface area contributed by atoms with Crippen LogP contribution in [-0.4, -0.2) is 36.2 Å². The Kier molecular flexibility index (Phi) is 2.34. The standard InChI is InChI=1S/C15H22N2O2/c1-3-4-11-9-14(19-13(11)16-18-2)10-17-8-6-12-5-7-15(12,14)17/h3-4,12,16H,5-10H2,1-2H3/b4-3-. The minimum Gasteiger partial charge on any atom is -0.467 e. The Morgan fingerprint density at radius 1 is 1.47 bits per heavy atom. The fourth-order valence-electron chi connectivity index (χ4n) is 4.92. The van der Waals surface area contributed by atoms with E-state index in [4.69, 9.17) is 9.57 Å². The van der Waals surface area contributed by atoms with E-state index >= 15 is 0 Å². The summed E-state index contributed by atoms with van der Waals surface area (Å²) in [7, 11) is 1.64. The molecule has 4 aliphatic rings. The molecule has 19 heavy (non-hydrogen) atoms. The second-order valence-electron chi connectivity index (χ2n) is 6.30. The van der Waals surface area contributed by atoms with Crippen LogP contribution >= 0.6 is 0 Å². The molecule has 1 saturated carbocycles. The average molecular weight is 262 g/mol. The lowest BCUT2D eigenvalue weighted by molar-refractivity contribution is -0.250. The van der Waals surface area contributed by atoms with Crippen molar-refractivity contribution in [1.82, 2.24) is 10.4 Å². The van der Waals surface area contributed by atoms with E-state index in [9.17, 15) is 0 Å². The lowest BCUT2D eigenvalue weighted by atomic mass is 9.53. The first kappa shape index (κ1) is 11.8. The number of hydrogen-bond acceptors (Lipinski definition) is 4. The van der Waals surface area contributed by atoms with Crippen LogP contribution in [0.2, 0.25) is 0 Å². The first-order valence-electron chi connectivity index (χ1n) is 7.35. The summed E-state index contributed by atoms with van der Waals surface area (Å²) in [6.45, 7) is 4.40. The zero-order valence-electron chi connectivity index (χ0n) is 11.7. The molecule has 0 aromatic carbocycles. The van der Waals surface area contributed by atoms with Gasteiger partial charge in [0, 0.05) is 18.5 Å². The Bertz CT molecular complexity index is 465. The van der Waals surface area contributed by atoms with Crippen molar-refractivity contribution in [2.75, 3.05) is 20.2 Å². The highest BCUT2D eigenvalue weighted by Crippen LogP contribution is 2.66. The Labute approximate surface area is 114 Å². The van der Waals surface area contributed by atoms with Gasteiger partial charge in [0.05, 0.1) is 12.6 Å². The van der Waals surface area contributed by atoms with E-state index in [1.54, 1.807) is 7.11 Å². The molecule has 4 rings (SSSR count). The highest BCUT2D eigenvalue weighted by molar-refractivity contribution is 5.38. The van der Waals surface area contributed by atoms with Gasteiger partial charge in [-0.2, -0.15) is 0 Å². The number of ether oxygens (including phenoxy) is 1. The largest absolute Gasteiger partial charge is 0.467 e. The normalized spacial score (nSPS) is 44.0. The van der Waals surface area contributed by atoms with Crippen LogP contribution in [0.4, 0.5) is 0 Å². The number of rotatable bonds is 3. The number of nitrogens with one attached hydrogen (secondary N) is 1. The highest BCUT2D eigenvalue weighted by atomic mass is 16.7. The third-order valence-corrected chi connectivity index (χ3v) is 5.72. The topological polar surface area (TPSA) is 33.7 Å². The van der Waals surface area contributed by atoms with Crippen molar-refractivity contribution < 1.29 is 9.57 Å². The van der Waals surface area contributed by atoms with Gasteiger partial charge in [0.25, 0.3) is 0 Å². The van der Waals surface area contributed by atoms with E-state index in [-0.39, 0.29) is 5.60 Å². The van der Waals surface area contributed by atoms with Crippen LogP contribution in [0, 0.1) is 5.92 Å². The van der Waals surface area contributed by atoms with Crippen molar-refractivity contribution in [2.45, 2.75) is 43.7 Å². The lowest BCUT2D eigenvalue weighted by Crippen LogP contribution is -2.81. The zero-order valence-corrected chi connectivity index (χ0v) is 11.7. The minimum absolute atomic E-state index is 0.0160. The van der Waals surface area contributed by atoms with Crippen molar-refractivity contribution in [3.63, 3.8) is 0 Å². The Morgan fingerprint density at radius 2 is 2.37 bits per heavy atom. The molecule has 0 aromatic rings. The van der Waals surface area contributed by atoms with Gasteiger partial charge in [0.2, 0.25) is 5.88 Å². The molecule has 3 heterocycles. The molecule has 104 valence electrons. The third kappa shape index (κ3) is 1.22. The maximum atomic E-state index is 6.38. The predicted octanol–water partition coefficient (Wildman–Crippen LogP) is 1.95. The summed E-state index contributed by atoms with van der Waals surface area (Å²) in [5, 5.41) is 0. The van der Waals surface area contributed by atoms with Crippen LogP contribution in [0.5, 0.6) is 0 Å². The van der Waals surface area contributed by atoms with Crippen LogP contribution in [0.3, 0.4) is 0 Å². The van der Waals surface area contributed by atoms with E-state index in [1.807, 2.05) is 0 Å². The number of nitrogens with zero attached hydrogens (tertiary/aromatic N) is 1. The van der Waals surface area contributed by atoms with Gasteiger partial charge in [-0.15, -0.1) is 0 Å². The predicted molar refractivity (Wildman–Crippen MR) is 72.1 cm³/mol. The molecule has 4 nitrogen and oxygen atoms in total. The number of allylic oxidation sites excluding steroid dienone is 2. The van der Waals surface area contributed by atoms with Crippen LogP contribution in [0.1, 0.15) is 32.6 Å². The molecule has 3 fully saturated rings. The van der Waals surface area contributed by atoms with E-state index in [1.165, 1.54) is 31.4 Å². The SMILES string of the molecule is C/C=C\C1=C(NOC)OC2(C1)CN1CCC3CCC312. The molecule has 0 radical (unpaired) electrons. The van der Waals surface area contributed by atoms with Gasteiger partial charge in [-0.05, 0) is 38.6 Å². The monoisotopic (exact) mass is 262 g/mol. The average Bonchev–Trinajstić information content (AvgIpc) is 2.77. The molecule has 3 unspecified atom stereocenters. The first-order valence-corrected chi connectivity index (χ1v) is 7.35. The van der Waals surface area contributed by atoms with Gasteiger partial charge in [0.15, 0.2) is 0 Å². The Balaban J connectivity index is 1.63. The van der Waals surface area contributed by atoms with Crippen molar-refractivity contribution in [2.24, 2.45) is 5.92 Å². The Hall–Kier alpha value is -1.00. The van der Waals surface area contributed by atoms with Crippen molar-refractivity contribution >= 4 is 0 Å². The third-order valence-electron chi connectivity index (χ3n) is 5.72. The Morgan fingerprint density at radius 3 is 3.00 bits per heavy atom. The molecular weight excluding hydrogens is 240 g/mol.